The Bertz CT molecular complexity index is 1030. The minimum absolute atomic E-state index is 0.00259. The van der Waals surface area contributed by atoms with Crippen molar-refractivity contribution >= 4 is 39.2 Å². The first-order valence-electron chi connectivity index (χ1n) is 10.2. The molecular formula is C22H27ClN2O6S. The highest BCUT2D eigenvalue weighted by Crippen LogP contribution is 2.26. The van der Waals surface area contributed by atoms with E-state index in [1.165, 1.54) is 25.3 Å². The normalized spacial score (nSPS) is 11.0. The maximum absolute atomic E-state index is 12.8. The van der Waals surface area contributed by atoms with Crippen LogP contribution in [0.5, 0.6) is 5.75 Å². The van der Waals surface area contributed by atoms with E-state index in [2.05, 4.69) is 14.8 Å². The van der Waals surface area contributed by atoms with Crippen molar-refractivity contribution in [2.24, 2.45) is 0 Å². The average molecular weight is 483 g/mol. The number of anilines is 1. The summed E-state index contributed by atoms with van der Waals surface area (Å²) in [4.78, 5) is 23.3. The average Bonchev–Trinajstić information content (AvgIpc) is 2.77. The Kier molecular flexibility index (Phi) is 9.80. The number of carbonyl (C=O) groups is 2. The first kappa shape index (κ1) is 25.5. The van der Waals surface area contributed by atoms with Gasteiger partial charge in [0.05, 0.1) is 18.7 Å². The lowest BCUT2D eigenvalue weighted by molar-refractivity contribution is -0.140. The van der Waals surface area contributed by atoms with Crippen LogP contribution in [0.15, 0.2) is 47.4 Å². The molecule has 0 aliphatic carbocycles. The second kappa shape index (κ2) is 12.3. The van der Waals surface area contributed by atoms with Crippen molar-refractivity contribution in [1.82, 2.24) is 5.32 Å². The SMILES string of the molecule is CCOc1ccc(NS(=O)(=O)c2cc(C(=O)NCCCCCC(=O)OC)ccc2Cl)cc1. The molecule has 2 rings (SSSR count). The van der Waals surface area contributed by atoms with E-state index in [9.17, 15) is 18.0 Å². The quantitative estimate of drug-likeness (QED) is 0.349. The molecule has 32 heavy (non-hydrogen) atoms. The topological polar surface area (TPSA) is 111 Å². The van der Waals surface area contributed by atoms with Crippen LogP contribution in [0, 0.1) is 0 Å². The van der Waals surface area contributed by atoms with Gasteiger partial charge in [0.25, 0.3) is 15.9 Å². The third-order valence-corrected chi connectivity index (χ3v) is 6.33. The molecule has 0 saturated heterocycles. The van der Waals surface area contributed by atoms with Gasteiger partial charge in [0.2, 0.25) is 0 Å². The molecule has 0 bridgehead atoms. The minimum Gasteiger partial charge on any atom is -0.494 e. The number of hydrogen-bond acceptors (Lipinski definition) is 6. The summed E-state index contributed by atoms with van der Waals surface area (Å²) in [5.74, 6) is -0.0487. The lowest BCUT2D eigenvalue weighted by atomic mass is 10.2. The van der Waals surface area contributed by atoms with Crippen molar-refractivity contribution < 1.29 is 27.5 Å². The number of carbonyl (C=O) groups excluding carboxylic acids is 2. The Labute approximate surface area is 193 Å². The number of nitrogens with one attached hydrogen (secondary N) is 2. The van der Waals surface area contributed by atoms with Gasteiger partial charge in [-0.3, -0.25) is 14.3 Å². The third kappa shape index (κ3) is 7.72. The molecule has 0 saturated carbocycles. The molecule has 8 nitrogen and oxygen atoms in total. The molecule has 0 aliphatic heterocycles. The summed E-state index contributed by atoms with van der Waals surface area (Å²) >= 11 is 6.11. The van der Waals surface area contributed by atoms with Crippen molar-refractivity contribution in [3.05, 3.63) is 53.1 Å². The third-order valence-electron chi connectivity index (χ3n) is 4.47. The van der Waals surface area contributed by atoms with E-state index >= 15 is 0 Å². The molecule has 0 heterocycles. The fraction of sp³-hybridized carbons (Fsp3) is 0.364. The van der Waals surface area contributed by atoms with Crippen LogP contribution in [0.25, 0.3) is 0 Å². The number of methoxy groups -OCH3 is 1. The monoisotopic (exact) mass is 482 g/mol. The molecule has 2 aromatic carbocycles. The lowest BCUT2D eigenvalue weighted by Crippen LogP contribution is -2.25. The van der Waals surface area contributed by atoms with Gasteiger partial charge in [0, 0.05) is 24.2 Å². The number of sulfonamides is 1. The highest BCUT2D eigenvalue weighted by atomic mass is 35.5. The summed E-state index contributed by atoms with van der Waals surface area (Å²) in [7, 11) is -2.67. The van der Waals surface area contributed by atoms with Crippen LogP contribution in [-0.4, -0.2) is 40.6 Å². The zero-order valence-electron chi connectivity index (χ0n) is 18.0. The van der Waals surface area contributed by atoms with Crippen LogP contribution >= 0.6 is 11.6 Å². The van der Waals surface area contributed by atoms with Crippen LogP contribution in [0.1, 0.15) is 43.0 Å². The number of rotatable bonds is 12. The smallest absolute Gasteiger partial charge is 0.305 e. The summed E-state index contributed by atoms with van der Waals surface area (Å²) in [6, 6.07) is 10.5. The molecule has 0 aliphatic rings. The molecule has 0 unspecified atom stereocenters. The minimum atomic E-state index is -4.01. The van der Waals surface area contributed by atoms with E-state index in [0.29, 0.717) is 43.9 Å². The molecule has 1 amide bonds. The van der Waals surface area contributed by atoms with Crippen LogP contribution in [0.2, 0.25) is 5.02 Å². The second-order valence-electron chi connectivity index (χ2n) is 6.85. The Balaban J connectivity index is 1.99. The molecule has 174 valence electrons. The predicted molar refractivity (Wildman–Crippen MR) is 123 cm³/mol. The van der Waals surface area contributed by atoms with E-state index in [1.54, 1.807) is 24.3 Å². The molecule has 0 radical (unpaired) electrons. The number of ether oxygens (including phenoxy) is 2. The van der Waals surface area contributed by atoms with Gasteiger partial charge in [0.1, 0.15) is 10.6 Å². The van der Waals surface area contributed by atoms with Crippen LogP contribution in [-0.2, 0) is 19.6 Å². The van der Waals surface area contributed by atoms with Gasteiger partial charge >= 0.3 is 5.97 Å². The Morgan fingerprint density at radius 3 is 2.41 bits per heavy atom. The first-order chi connectivity index (χ1) is 15.3. The zero-order valence-corrected chi connectivity index (χ0v) is 19.6. The zero-order chi connectivity index (χ0) is 23.6. The number of unbranched alkanes of at least 4 members (excludes halogenated alkanes) is 2. The van der Waals surface area contributed by atoms with Gasteiger partial charge < -0.3 is 14.8 Å². The van der Waals surface area contributed by atoms with Crippen molar-refractivity contribution in [3.63, 3.8) is 0 Å². The van der Waals surface area contributed by atoms with E-state index in [0.717, 1.165) is 6.42 Å². The van der Waals surface area contributed by atoms with Gasteiger partial charge in [-0.25, -0.2) is 8.42 Å². The molecule has 0 fully saturated rings. The van der Waals surface area contributed by atoms with Gasteiger partial charge in [-0.2, -0.15) is 0 Å². The molecule has 0 aromatic heterocycles. The molecule has 2 N–H and O–H groups in total. The first-order valence-corrected chi connectivity index (χ1v) is 12.0. The maximum Gasteiger partial charge on any atom is 0.305 e. The van der Waals surface area contributed by atoms with Crippen molar-refractivity contribution in [2.75, 3.05) is 25.0 Å². The molecule has 10 heteroatoms. The van der Waals surface area contributed by atoms with E-state index in [4.69, 9.17) is 16.3 Å². The summed E-state index contributed by atoms with van der Waals surface area (Å²) < 4.78 is 38.0. The highest BCUT2D eigenvalue weighted by molar-refractivity contribution is 7.92. The molecular weight excluding hydrogens is 456 g/mol. The Hall–Kier alpha value is -2.78. The standard InChI is InChI=1S/C22H27ClN2O6S/c1-3-31-18-11-9-17(10-12-18)25-32(28,29)20-15-16(8-13-19(20)23)22(27)24-14-6-4-5-7-21(26)30-2/h8-13,15,25H,3-7,14H2,1-2H3,(H,24,27). The molecule has 0 atom stereocenters. The highest BCUT2D eigenvalue weighted by Gasteiger charge is 2.20. The van der Waals surface area contributed by atoms with Gasteiger partial charge in [-0.1, -0.05) is 18.0 Å². The Morgan fingerprint density at radius 2 is 1.75 bits per heavy atom. The van der Waals surface area contributed by atoms with Crippen LogP contribution in [0.3, 0.4) is 0 Å². The van der Waals surface area contributed by atoms with Gasteiger partial charge in [-0.15, -0.1) is 0 Å². The predicted octanol–water partition coefficient (Wildman–Crippen LogP) is 4.00. The van der Waals surface area contributed by atoms with Gasteiger partial charge in [0.15, 0.2) is 0 Å². The maximum atomic E-state index is 12.8. The number of hydrogen-bond donors (Lipinski definition) is 2. The Morgan fingerprint density at radius 1 is 1.03 bits per heavy atom. The lowest BCUT2D eigenvalue weighted by Gasteiger charge is -2.12. The van der Waals surface area contributed by atoms with Crippen molar-refractivity contribution in [2.45, 2.75) is 37.5 Å². The van der Waals surface area contributed by atoms with E-state index in [-0.39, 0.29) is 21.5 Å². The van der Waals surface area contributed by atoms with E-state index in [1.807, 2.05) is 6.92 Å². The van der Waals surface area contributed by atoms with E-state index < -0.39 is 15.9 Å². The van der Waals surface area contributed by atoms with Crippen molar-refractivity contribution in [3.8, 4) is 5.75 Å². The van der Waals surface area contributed by atoms with Crippen LogP contribution in [0.4, 0.5) is 5.69 Å². The number of amides is 1. The summed E-state index contributed by atoms with van der Waals surface area (Å²) in [6.45, 7) is 2.76. The second-order valence-corrected chi connectivity index (χ2v) is 8.91. The summed E-state index contributed by atoms with van der Waals surface area (Å²) in [5.41, 5.74) is 0.516. The fourth-order valence-corrected chi connectivity index (χ4v) is 4.41. The summed E-state index contributed by atoms with van der Waals surface area (Å²) in [6.07, 6.45) is 2.44. The largest absolute Gasteiger partial charge is 0.494 e. The van der Waals surface area contributed by atoms with Crippen molar-refractivity contribution in [1.29, 1.82) is 0 Å². The number of benzene rings is 2. The number of halogens is 1. The fourth-order valence-electron chi connectivity index (χ4n) is 2.82. The number of esters is 1. The molecule has 0 spiro atoms. The summed E-state index contributed by atoms with van der Waals surface area (Å²) in [5, 5.41) is 2.74. The van der Waals surface area contributed by atoms with Gasteiger partial charge in [-0.05, 0) is 62.2 Å². The molecule has 2 aromatic rings. The van der Waals surface area contributed by atoms with Crippen LogP contribution < -0.4 is 14.8 Å².